The minimum Gasteiger partial charge on any atom is -0.478 e. The van der Waals surface area contributed by atoms with Crippen molar-refractivity contribution in [3.8, 4) is 0 Å². The summed E-state index contributed by atoms with van der Waals surface area (Å²) in [7, 11) is 0. The molecule has 3 rings (SSSR count). The number of hydrogen-bond acceptors (Lipinski definition) is 3. The molecule has 1 aromatic carbocycles. The van der Waals surface area contributed by atoms with E-state index in [1.165, 1.54) is 25.7 Å². The van der Waals surface area contributed by atoms with E-state index in [0.717, 1.165) is 5.52 Å². The molecule has 4 heteroatoms. The van der Waals surface area contributed by atoms with Crippen molar-refractivity contribution in [2.45, 2.75) is 38.6 Å². The number of aromatic carboxylic acids is 1. The molecular weight excluding hydrogens is 264 g/mol. The van der Waals surface area contributed by atoms with Gasteiger partial charge in [0.1, 0.15) is 5.82 Å². The molecule has 0 radical (unpaired) electrons. The van der Waals surface area contributed by atoms with Gasteiger partial charge in [-0.05, 0) is 37.8 Å². The summed E-state index contributed by atoms with van der Waals surface area (Å²) in [6, 6.07) is 9.34. The number of anilines is 1. The van der Waals surface area contributed by atoms with Gasteiger partial charge in [-0.25, -0.2) is 9.78 Å². The van der Waals surface area contributed by atoms with Gasteiger partial charge in [0.25, 0.3) is 0 Å². The smallest absolute Gasteiger partial charge is 0.336 e. The molecule has 1 heterocycles. The van der Waals surface area contributed by atoms with Gasteiger partial charge in [-0.2, -0.15) is 0 Å². The highest BCUT2D eigenvalue weighted by atomic mass is 16.4. The standard InChI is InChI=1S/C17H20N2O2/c1-11(12-6-2-3-7-12)18-16-10-14(17(20)21)13-8-4-5-9-15(13)19-16/h4-5,8-12H,2-3,6-7H2,1H3,(H,18,19)(H,20,21). The average molecular weight is 284 g/mol. The first-order chi connectivity index (χ1) is 10.1. The van der Waals surface area contributed by atoms with Crippen LogP contribution in [0.3, 0.4) is 0 Å². The number of nitrogens with zero attached hydrogens (tertiary/aromatic N) is 1. The lowest BCUT2D eigenvalue weighted by Crippen LogP contribution is -2.24. The van der Waals surface area contributed by atoms with Crippen molar-refractivity contribution in [1.29, 1.82) is 0 Å². The Balaban J connectivity index is 1.93. The largest absolute Gasteiger partial charge is 0.478 e. The van der Waals surface area contributed by atoms with Gasteiger partial charge >= 0.3 is 5.97 Å². The fourth-order valence-electron chi connectivity index (χ4n) is 3.23. The summed E-state index contributed by atoms with van der Waals surface area (Å²) >= 11 is 0. The van der Waals surface area contributed by atoms with Gasteiger partial charge in [-0.3, -0.25) is 0 Å². The second-order valence-electron chi connectivity index (χ2n) is 5.85. The van der Waals surface area contributed by atoms with Crippen LogP contribution in [0.1, 0.15) is 43.0 Å². The first-order valence-electron chi connectivity index (χ1n) is 7.55. The maximum atomic E-state index is 11.5. The summed E-state index contributed by atoms with van der Waals surface area (Å²) in [5, 5.41) is 13.5. The Labute approximate surface area is 124 Å². The molecular formula is C17H20N2O2. The molecule has 1 unspecified atom stereocenters. The van der Waals surface area contributed by atoms with Crippen LogP contribution >= 0.6 is 0 Å². The first kappa shape index (κ1) is 13.9. The lowest BCUT2D eigenvalue weighted by atomic mass is 10.00. The van der Waals surface area contributed by atoms with E-state index < -0.39 is 5.97 Å². The Hall–Kier alpha value is -2.10. The molecule has 1 atom stereocenters. The van der Waals surface area contributed by atoms with E-state index >= 15 is 0 Å². The number of pyridine rings is 1. The molecule has 1 saturated carbocycles. The summed E-state index contributed by atoms with van der Waals surface area (Å²) in [4.78, 5) is 16.0. The third-order valence-corrected chi connectivity index (χ3v) is 4.43. The van der Waals surface area contributed by atoms with E-state index in [-0.39, 0.29) is 0 Å². The van der Waals surface area contributed by atoms with Crippen molar-refractivity contribution in [1.82, 2.24) is 4.98 Å². The zero-order valence-corrected chi connectivity index (χ0v) is 12.2. The highest BCUT2D eigenvalue weighted by Gasteiger charge is 2.22. The fraction of sp³-hybridized carbons (Fsp3) is 0.412. The molecule has 110 valence electrons. The maximum Gasteiger partial charge on any atom is 0.336 e. The second-order valence-corrected chi connectivity index (χ2v) is 5.85. The van der Waals surface area contributed by atoms with Gasteiger partial charge in [-0.1, -0.05) is 31.0 Å². The van der Waals surface area contributed by atoms with Crippen LogP contribution in [0, 0.1) is 5.92 Å². The lowest BCUT2D eigenvalue weighted by Gasteiger charge is -2.21. The number of carbonyl (C=O) groups is 1. The van der Waals surface area contributed by atoms with E-state index in [4.69, 9.17) is 0 Å². The highest BCUT2D eigenvalue weighted by Crippen LogP contribution is 2.29. The predicted octanol–water partition coefficient (Wildman–Crippen LogP) is 3.92. The number of carboxylic acids is 1. The SMILES string of the molecule is CC(Nc1cc(C(=O)O)c2ccccc2n1)C1CCCC1. The summed E-state index contributed by atoms with van der Waals surface area (Å²) in [6.45, 7) is 2.16. The minimum atomic E-state index is -0.912. The van der Waals surface area contributed by atoms with Gasteiger partial charge in [0.2, 0.25) is 0 Å². The van der Waals surface area contributed by atoms with Gasteiger partial charge in [-0.15, -0.1) is 0 Å². The van der Waals surface area contributed by atoms with E-state index in [0.29, 0.717) is 28.7 Å². The first-order valence-corrected chi connectivity index (χ1v) is 7.55. The molecule has 2 N–H and O–H groups in total. The molecule has 0 aliphatic heterocycles. The second kappa shape index (κ2) is 5.72. The molecule has 0 bridgehead atoms. The number of hydrogen-bond donors (Lipinski definition) is 2. The van der Waals surface area contributed by atoms with Gasteiger partial charge in [0.05, 0.1) is 11.1 Å². The predicted molar refractivity (Wildman–Crippen MR) is 83.7 cm³/mol. The quantitative estimate of drug-likeness (QED) is 0.893. The zero-order chi connectivity index (χ0) is 14.8. The van der Waals surface area contributed by atoms with Crippen molar-refractivity contribution in [3.05, 3.63) is 35.9 Å². The summed E-state index contributed by atoms with van der Waals surface area (Å²) in [5.41, 5.74) is 1.03. The van der Waals surface area contributed by atoms with Gasteiger partial charge in [0.15, 0.2) is 0 Å². The van der Waals surface area contributed by atoms with Crippen LogP contribution in [-0.4, -0.2) is 22.1 Å². The zero-order valence-electron chi connectivity index (χ0n) is 12.2. The van der Waals surface area contributed by atoms with Crippen LogP contribution in [0.15, 0.2) is 30.3 Å². The van der Waals surface area contributed by atoms with Gasteiger partial charge in [0, 0.05) is 11.4 Å². The number of benzene rings is 1. The summed E-state index contributed by atoms with van der Waals surface area (Å²) < 4.78 is 0. The Morgan fingerprint density at radius 3 is 2.76 bits per heavy atom. The Morgan fingerprint density at radius 2 is 2.05 bits per heavy atom. The van der Waals surface area contributed by atoms with Crippen LogP contribution in [-0.2, 0) is 0 Å². The molecule has 1 aliphatic rings. The molecule has 4 nitrogen and oxygen atoms in total. The van der Waals surface area contributed by atoms with E-state index in [1.807, 2.05) is 18.2 Å². The number of rotatable bonds is 4. The lowest BCUT2D eigenvalue weighted by molar-refractivity contribution is 0.0699. The molecule has 1 aliphatic carbocycles. The molecule has 2 aromatic rings. The Kier molecular flexibility index (Phi) is 3.78. The van der Waals surface area contributed by atoms with Crippen LogP contribution in [0.25, 0.3) is 10.9 Å². The summed E-state index contributed by atoms with van der Waals surface area (Å²) in [6.07, 6.45) is 5.07. The minimum absolute atomic E-state index is 0.307. The Bertz CT molecular complexity index is 663. The van der Waals surface area contributed by atoms with Crippen LogP contribution in [0.2, 0.25) is 0 Å². The van der Waals surface area contributed by atoms with E-state index in [1.54, 1.807) is 12.1 Å². The number of nitrogens with one attached hydrogen (secondary N) is 1. The third kappa shape index (κ3) is 2.84. The maximum absolute atomic E-state index is 11.5. The highest BCUT2D eigenvalue weighted by molar-refractivity contribution is 6.03. The fourth-order valence-corrected chi connectivity index (χ4v) is 3.23. The number of fused-ring (bicyclic) bond motifs is 1. The molecule has 21 heavy (non-hydrogen) atoms. The molecule has 0 spiro atoms. The van der Waals surface area contributed by atoms with Gasteiger partial charge < -0.3 is 10.4 Å². The number of aromatic nitrogens is 1. The van der Waals surface area contributed by atoms with Crippen LogP contribution < -0.4 is 5.32 Å². The average Bonchev–Trinajstić information content (AvgIpc) is 3.00. The van der Waals surface area contributed by atoms with E-state index in [2.05, 4.69) is 17.2 Å². The van der Waals surface area contributed by atoms with Crippen molar-refractivity contribution < 1.29 is 9.90 Å². The van der Waals surface area contributed by atoms with Crippen molar-refractivity contribution in [3.63, 3.8) is 0 Å². The number of para-hydroxylation sites is 1. The Morgan fingerprint density at radius 1 is 1.33 bits per heavy atom. The van der Waals surface area contributed by atoms with Crippen molar-refractivity contribution in [2.24, 2.45) is 5.92 Å². The van der Waals surface area contributed by atoms with E-state index in [9.17, 15) is 9.90 Å². The summed E-state index contributed by atoms with van der Waals surface area (Å²) in [5.74, 6) is 0.405. The number of carboxylic acid groups (broad SMARTS) is 1. The molecule has 0 saturated heterocycles. The molecule has 1 fully saturated rings. The van der Waals surface area contributed by atoms with Crippen LogP contribution in [0.4, 0.5) is 5.82 Å². The molecule has 0 amide bonds. The van der Waals surface area contributed by atoms with Crippen LogP contribution in [0.5, 0.6) is 0 Å². The monoisotopic (exact) mass is 284 g/mol. The normalized spacial score (nSPS) is 17.0. The topological polar surface area (TPSA) is 62.2 Å². The molecule has 1 aromatic heterocycles. The van der Waals surface area contributed by atoms with Crippen molar-refractivity contribution in [2.75, 3.05) is 5.32 Å². The third-order valence-electron chi connectivity index (χ3n) is 4.43. The van der Waals surface area contributed by atoms with Crippen molar-refractivity contribution >= 4 is 22.7 Å².